The SMILES string of the molecule is CCCNc1ccc(C(=O)NC(C)Cc2ccco2)cc1. The normalized spacial score (nSPS) is 11.9. The zero-order chi connectivity index (χ0) is 15.1. The van der Waals surface area contributed by atoms with Crippen molar-refractivity contribution in [2.24, 2.45) is 0 Å². The number of carbonyl (C=O) groups is 1. The Morgan fingerprint density at radius 1 is 1.24 bits per heavy atom. The fraction of sp³-hybridized carbons (Fsp3) is 0.353. The van der Waals surface area contributed by atoms with E-state index in [0.717, 1.165) is 24.4 Å². The van der Waals surface area contributed by atoms with Crippen molar-refractivity contribution in [3.05, 3.63) is 54.0 Å². The van der Waals surface area contributed by atoms with E-state index in [4.69, 9.17) is 4.42 Å². The van der Waals surface area contributed by atoms with Gasteiger partial charge in [0.2, 0.25) is 0 Å². The molecule has 2 aromatic rings. The zero-order valence-electron chi connectivity index (χ0n) is 12.6. The van der Waals surface area contributed by atoms with Gasteiger partial charge in [-0.3, -0.25) is 4.79 Å². The highest BCUT2D eigenvalue weighted by Gasteiger charge is 2.11. The zero-order valence-corrected chi connectivity index (χ0v) is 12.6. The first-order valence-electron chi connectivity index (χ1n) is 7.36. The van der Waals surface area contributed by atoms with Gasteiger partial charge in [-0.15, -0.1) is 0 Å². The second-order valence-corrected chi connectivity index (χ2v) is 5.16. The summed E-state index contributed by atoms with van der Waals surface area (Å²) in [5.74, 6) is 0.818. The molecule has 4 heteroatoms. The lowest BCUT2D eigenvalue weighted by molar-refractivity contribution is 0.0939. The first-order chi connectivity index (χ1) is 10.2. The van der Waals surface area contributed by atoms with Gasteiger partial charge in [0.25, 0.3) is 5.91 Å². The van der Waals surface area contributed by atoms with Gasteiger partial charge in [-0.05, 0) is 49.7 Å². The number of furan rings is 1. The molecule has 4 nitrogen and oxygen atoms in total. The molecular formula is C17H22N2O2. The number of amides is 1. The van der Waals surface area contributed by atoms with Crippen molar-refractivity contribution in [1.82, 2.24) is 5.32 Å². The summed E-state index contributed by atoms with van der Waals surface area (Å²) in [6, 6.07) is 11.3. The van der Waals surface area contributed by atoms with E-state index in [1.54, 1.807) is 6.26 Å². The Bertz CT molecular complexity index is 547. The Hall–Kier alpha value is -2.23. The first-order valence-corrected chi connectivity index (χ1v) is 7.36. The number of benzene rings is 1. The molecule has 0 aliphatic rings. The molecule has 112 valence electrons. The molecular weight excluding hydrogens is 264 g/mol. The Morgan fingerprint density at radius 3 is 2.62 bits per heavy atom. The molecule has 0 spiro atoms. The molecule has 2 rings (SSSR count). The van der Waals surface area contributed by atoms with Crippen LogP contribution in [0.15, 0.2) is 47.1 Å². The van der Waals surface area contributed by atoms with E-state index in [1.165, 1.54) is 0 Å². The monoisotopic (exact) mass is 286 g/mol. The van der Waals surface area contributed by atoms with E-state index in [9.17, 15) is 4.79 Å². The van der Waals surface area contributed by atoms with Crippen LogP contribution in [0.1, 0.15) is 36.4 Å². The summed E-state index contributed by atoms with van der Waals surface area (Å²) in [6.07, 6.45) is 3.41. The van der Waals surface area contributed by atoms with E-state index in [2.05, 4.69) is 17.6 Å². The van der Waals surface area contributed by atoms with Crippen LogP contribution in [0.5, 0.6) is 0 Å². The molecule has 0 saturated carbocycles. The van der Waals surface area contributed by atoms with Crippen molar-refractivity contribution in [1.29, 1.82) is 0 Å². The third-order valence-corrected chi connectivity index (χ3v) is 3.19. The van der Waals surface area contributed by atoms with Gasteiger partial charge in [-0.1, -0.05) is 6.92 Å². The lowest BCUT2D eigenvalue weighted by Crippen LogP contribution is -2.33. The van der Waals surface area contributed by atoms with Crippen LogP contribution >= 0.6 is 0 Å². The van der Waals surface area contributed by atoms with Crippen LogP contribution in [-0.2, 0) is 6.42 Å². The van der Waals surface area contributed by atoms with Crippen LogP contribution in [0, 0.1) is 0 Å². The summed E-state index contributed by atoms with van der Waals surface area (Å²) in [5.41, 5.74) is 1.71. The minimum atomic E-state index is -0.0592. The summed E-state index contributed by atoms with van der Waals surface area (Å²) in [5, 5.41) is 6.26. The number of carbonyl (C=O) groups excluding carboxylic acids is 1. The fourth-order valence-electron chi connectivity index (χ4n) is 2.10. The molecule has 1 heterocycles. The highest BCUT2D eigenvalue weighted by Crippen LogP contribution is 2.10. The lowest BCUT2D eigenvalue weighted by atomic mass is 10.1. The Kier molecular flexibility index (Phi) is 5.43. The minimum Gasteiger partial charge on any atom is -0.469 e. The number of hydrogen-bond acceptors (Lipinski definition) is 3. The van der Waals surface area contributed by atoms with E-state index < -0.39 is 0 Å². The fourth-order valence-corrected chi connectivity index (χ4v) is 2.10. The standard InChI is InChI=1S/C17H22N2O2/c1-3-10-18-15-8-6-14(7-9-15)17(20)19-13(2)12-16-5-4-11-21-16/h4-9,11,13,18H,3,10,12H2,1-2H3,(H,19,20). The van der Waals surface area contributed by atoms with Gasteiger partial charge in [-0.2, -0.15) is 0 Å². The summed E-state index contributed by atoms with van der Waals surface area (Å²) in [4.78, 5) is 12.1. The van der Waals surface area contributed by atoms with Gasteiger partial charge >= 0.3 is 0 Å². The molecule has 0 aliphatic carbocycles. The van der Waals surface area contributed by atoms with Crippen molar-refractivity contribution >= 4 is 11.6 Å². The predicted molar refractivity (Wildman–Crippen MR) is 84.6 cm³/mol. The van der Waals surface area contributed by atoms with Crippen molar-refractivity contribution in [2.45, 2.75) is 32.7 Å². The maximum absolute atomic E-state index is 12.1. The third kappa shape index (κ3) is 4.67. The average molecular weight is 286 g/mol. The smallest absolute Gasteiger partial charge is 0.251 e. The predicted octanol–water partition coefficient (Wildman–Crippen LogP) is 3.46. The highest BCUT2D eigenvalue weighted by atomic mass is 16.3. The Balaban J connectivity index is 1.87. The van der Waals surface area contributed by atoms with Gasteiger partial charge in [0.1, 0.15) is 5.76 Å². The minimum absolute atomic E-state index is 0.0292. The molecule has 0 saturated heterocycles. The summed E-state index contributed by atoms with van der Waals surface area (Å²) in [7, 11) is 0. The van der Waals surface area contributed by atoms with Crippen molar-refractivity contribution in [3.8, 4) is 0 Å². The second kappa shape index (κ2) is 7.53. The summed E-state index contributed by atoms with van der Waals surface area (Å²) >= 11 is 0. The van der Waals surface area contributed by atoms with Gasteiger partial charge in [0, 0.05) is 30.3 Å². The number of hydrogen-bond donors (Lipinski definition) is 2. The van der Waals surface area contributed by atoms with Gasteiger partial charge < -0.3 is 15.1 Å². The molecule has 2 N–H and O–H groups in total. The van der Waals surface area contributed by atoms with E-state index in [0.29, 0.717) is 12.0 Å². The molecule has 1 atom stereocenters. The number of rotatable bonds is 7. The largest absolute Gasteiger partial charge is 0.469 e. The molecule has 0 bridgehead atoms. The molecule has 0 fully saturated rings. The van der Waals surface area contributed by atoms with Crippen LogP contribution in [0.4, 0.5) is 5.69 Å². The van der Waals surface area contributed by atoms with Crippen molar-refractivity contribution in [3.63, 3.8) is 0 Å². The third-order valence-electron chi connectivity index (χ3n) is 3.19. The van der Waals surface area contributed by atoms with Crippen LogP contribution in [0.2, 0.25) is 0 Å². The van der Waals surface area contributed by atoms with Gasteiger partial charge in [0.15, 0.2) is 0 Å². The van der Waals surface area contributed by atoms with Crippen LogP contribution in [-0.4, -0.2) is 18.5 Å². The molecule has 1 amide bonds. The van der Waals surface area contributed by atoms with Crippen molar-refractivity contribution in [2.75, 3.05) is 11.9 Å². The number of nitrogens with one attached hydrogen (secondary N) is 2. The molecule has 1 aromatic carbocycles. The van der Waals surface area contributed by atoms with Gasteiger partial charge in [0.05, 0.1) is 6.26 Å². The molecule has 0 aliphatic heterocycles. The quantitative estimate of drug-likeness (QED) is 0.819. The highest BCUT2D eigenvalue weighted by molar-refractivity contribution is 5.94. The topological polar surface area (TPSA) is 54.3 Å². The van der Waals surface area contributed by atoms with Gasteiger partial charge in [-0.25, -0.2) is 0 Å². The summed E-state index contributed by atoms with van der Waals surface area (Å²) < 4.78 is 5.29. The molecule has 0 radical (unpaired) electrons. The maximum atomic E-state index is 12.1. The van der Waals surface area contributed by atoms with Crippen LogP contribution in [0.3, 0.4) is 0 Å². The summed E-state index contributed by atoms with van der Waals surface area (Å²) in [6.45, 7) is 5.03. The maximum Gasteiger partial charge on any atom is 0.251 e. The molecule has 1 aromatic heterocycles. The lowest BCUT2D eigenvalue weighted by Gasteiger charge is -2.13. The second-order valence-electron chi connectivity index (χ2n) is 5.16. The molecule has 1 unspecified atom stereocenters. The van der Waals surface area contributed by atoms with E-state index >= 15 is 0 Å². The van der Waals surface area contributed by atoms with Crippen LogP contribution < -0.4 is 10.6 Å². The van der Waals surface area contributed by atoms with Crippen LogP contribution in [0.25, 0.3) is 0 Å². The number of anilines is 1. The Labute approximate surface area is 125 Å². The van der Waals surface area contributed by atoms with Crippen molar-refractivity contribution < 1.29 is 9.21 Å². The Morgan fingerprint density at radius 2 is 2.00 bits per heavy atom. The van der Waals surface area contributed by atoms with E-state index in [1.807, 2.05) is 43.3 Å². The van der Waals surface area contributed by atoms with E-state index in [-0.39, 0.29) is 11.9 Å². The average Bonchev–Trinajstić information content (AvgIpc) is 2.98. The molecule has 21 heavy (non-hydrogen) atoms. The first kappa shape index (κ1) is 15.2.